The van der Waals surface area contributed by atoms with Gasteiger partial charge >= 0.3 is 33.4 Å². The van der Waals surface area contributed by atoms with Gasteiger partial charge in [-0.25, -0.2) is 3.63 Å². The van der Waals surface area contributed by atoms with Crippen LogP contribution in [0.2, 0.25) is 0 Å². The average molecular weight is 546 g/mol. The molecule has 0 amide bonds. The van der Waals surface area contributed by atoms with Crippen LogP contribution in [0.3, 0.4) is 0 Å². The molecule has 0 N–H and O–H groups in total. The molecule has 2 aromatic rings. The molecule has 0 unspecified atom stereocenters. The van der Waals surface area contributed by atoms with Crippen LogP contribution < -0.4 is 0 Å². The van der Waals surface area contributed by atoms with Gasteiger partial charge in [-0.1, -0.05) is 34.6 Å². The smallest absolute Gasteiger partial charge is 0.211 e. The lowest BCUT2D eigenvalue weighted by molar-refractivity contribution is -0.382. The van der Waals surface area contributed by atoms with E-state index in [1.807, 2.05) is 0 Å². The van der Waals surface area contributed by atoms with Gasteiger partial charge < -0.3 is 0 Å². The molecule has 1 saturated heterocycles. The summed E-state index contributed by atoms with van der Waals surface area (Å²) in [6, 6.07) is 9.22. The molecule has 1 fully saturated rings. The third-order valence-corrected chi connectivity index (χ3v) is 11.6. The van der Waals surface area contributed by atoms with Crippen LogP contribution in [0.25, 0.3) is 10.8 Å². The fourth-order valence-corrected chi connectivity index (χ4v) is 8.95. The van der Waals surface area contributed by atoms with Crippen molar-refractivity contribution in [1.82, 2.24) is 0 Å². The van der Waals surface area contributed by atoms with Gasteiger partial charge in [-0.15, -0.1) is 11.8 Å². The number of fused-ring (bicyclic) bond motifs is 1. The maximum Gasteiger partial charge on any atom is 0.460 e. The SMILES string of the molecule is CSc1ccc(S2(OS(=O)(=O)C(F)(F)C(F)(F)C(F)(F)C(F)(F)F)CCC2)c2ccccc12. The third-order valence-electron chi connectivity index (χ3n) is 5.06. The Hall–Kier alpha value is -1.32. The van der Waals surface area contributed by atoms with Crippen LogP contribution in [0, 0.1) is 0 Å². The lowest BCUT2D eigenvalue weighted by atomic mass is 10.1. The zero-order chi connectivity index (χ0) is 25.1. The summed E-state index contributed by atoms with van der Waals surface area (Å²) < 4.78 is 148. The van der Waals surface area contributed by atoms with Crippen molar-refractivity contribution in [3.63, 3.8) is 0 Å². The second-order valence-electron chi connectivity index (χ2n) is 7.07. The van der Waals surface area contributed by atoms with E-state index < -0.39 is 43.7 Å². The minimum Gasteiger partial charge on any atom is -0.211 e. The van der Waals surface area contributed by atoms with Crippen molar-refractivity contribution in [1.29, 1.82) is 0 Å². The number of thioether (sulfide) groups is 1. The molecule has 0 spiro atoms. The first-order valence-corrected chi connectivity index (χ1v) is 13.5. The number of hydrogen-bond donors (Lipinski definition) is 0. The van der Waals surface area contributed by atoms with Gasteiger partial charge in [0.2, 0.25) is 0 Å². The molecule has 0 atom stereocenters. The molecule has 0 aromatic heterocycles. The second-order valence-corrected chi connectivity index (χ2v) is 12.8. The largest absolute Gasteiger partial charge is 0.460 e. The third kappa shape index (κ3) is 3.88. The van der Waals surface area contributed by atoms with Crippen molar-refractivity contribution in [2.24, 2.45) is 0 Å². The summed E-state index contributed by atoms with van der Waals surface area (Å²) in [6.45, 7) is 0. The predicted molar refractivity (Wildman–Crippen MR) is 107 cm³/mol. The number of benzene rings is 2. The predicted octanol–water partition coefficient (Wildman–Crippen LogP) is 6.82. The second kappa shape index (κ2) is 8.12. The van der Waals surface area contributed by atoms with Crippen LogP contribution in [0.15, 0.2) is 46.2 Å². The molecule has 1 heterocycles. The normalized spacial score (nSPS) is 18.7. The summed E-state index contributed by atoms with van der Waals surface area (Å²) in [7, 11) is -10.2. The lowest BCUT2D eigenvalue weighted by Gasteiger charge is -2.47. The Labute approximate surface area is 188 Å². The number of rotatable bonds is 7. The highest BCUT2D eigenvalue weighted by Gasteiger charge is 2.86. The van der Waals surface area contributed by atoms with Gasteiger partial charge in [-0.3, -0.25) is 0 Å². The summed E-state index contributed by atoms with van der Waals surface area (Å²) in [5.74, 6) is -15.0. The van der Waals surface area contributed by atoms with Gasteiger partial charge in [0.1, 0.15) is 0 Å². The van der Waals surface area contributed by atoms with Crippen LogP contribution in [-0.4, -0.2) is 49.5 Å². The van der Waals surface area contributed by atoms with Crippen molar-refractivity contribution < 1.29 is 51.6 Å². The van der Waals surface area contributed by atoms with Crippen LogP contribution in [-0.2, 0) is 13.7 Å². The van der Waals surface area contributed by atoms with E-state index in [2.05, 4.69) is 3.63 Å². The molecule has 33 heavy (non-hydrogen) atoms. The Morgan fingerprint density at radius 1 is 0.848 bits per heavy atom. The average Bonchev–Trinajstić information content (AvgIpc) is 2.68. The van der Waals surface area contributed by atoms with Crippen LogP contribution in [0.5, 0.6) is 0 Å². The standard InChI is InChI=1S/C18H15F9O3S3/c1-31-13-7-8-14(12-6-3-2-5-11(12)13)32(9-4-10-32)30-33(28,29)18(26,27)16(21,22)15(19,20)17(23,24)25/h2-3,5-8H,4,9-10H2,1H3. The molecule has 0 saturated carbocycles. The molecular formula is C18H15F9O3S3. The minimum atomic E-state index is -7.34. The Bertz CT molecular complexity index is 1160. The molecule has 2 aromatic carbocycles. The molecule has 0 aliphatic carbocycles. The fourth-order valence-electron chi connectivity index (χ4n) is 3.21. The first-order valence-electron chi connectivity index (χ1n) is 8.95. The molecule has 3 rings (SSSR count). The molecule has 3 nitrogen and oxygen atoms in total. The molecular weight excluding hydrogens is 531 g/mol. The highest BCUT2D eigenvalue weighted by Crippen LogP contribution is 2.68. The molecule has 1 aliphatic heterocycles. The molecule has 15 heteroatoms. The van der Waals surface area contributed by atoms with E-state index in [1.165, 1.54) is 30.0 Å². The Kier molecular flexibility index (Phi) is 6.47. The number of halogens is 9. The van der Waals surface area contributed by atoms with E-state index in [-0.39, 0.29) is 22.8 Å². The Morgan fingerprint density at radius 3 is 1.85 bits per heavy atom. The molecule has 1 aliphatic rings. The van der Waals surface area contributed by atoms with Crippen LogP contribution >= 0.6 is 22.1 Å². The van der Waals surface area contributed by atoms with Gasteiger partial charge in [0.15, 0.2) is 0 Å². The molecule has 0 bridgehead atoms. The quantitative estimate of drug-likeness (QED) is 0.283. The zero-order valence-electron chi connectivity index (χ0n) is 16.4. The molecule has 0 radical (unpaired) electrons. The van der Waals surface area contributed by atoms with E-state index in [9.17, 15) is 47.9 Å². The first-order chi connectivity index (χ1) is 15.0. The van der Waals surface area contributed by atoms with Crippen molar-refractivity contribution in [2.45, 2.75) is 39.5 Å². The summed E-state index contributed by atoms with van der Waals surface area (Å²) in [4.78, 5) is 0.806. The summed E-state index contributed by atoms with van der Waals surface area (Å²) >= 11 is 1.31. The summed E-state index contributed by atoms with van der Waals surface area (Å²) in [5, 5.41) is -5.93. The van der Waals surface area contributed by atoms with Crippen molar-refractivity contribution in [3.05, 3.63) is 36.4 Å². The number of alkyl halides is 9. The number of hydrogen-bond acceptors (Lipinski definition) is 4. The van der Waals surface area contributed by atoms with E-state index >= 15 is 0 Å². The Balaban J connectivity index is 2.10. The van der Waals surface area contributed by atoms with Crippen molar-refractivity contribution >= 4 is 43.0 Å². The van der Waals surface area contributed by atoms with Gasteiger partial charge in [-0.05, 0) is 35.6 Å². The maximum atomic E-state index is 14.2. The van der Waals surface area contributed by atoms with Crippen LogP contribution in [0.4, 0.5) is 39.5 Å². The maximum absolute atomic E-state index is 14.2. The van der Waals surface area contributed by atoms with E-state index in [1.54, 1.807) is 24.5 Å². The van der Waals surface area contributed by atoms with Crippen molar-refractivity contribution in [2.75, 3.05) is 17.8 Å². The van der Waals surface area contributed by atoms with E-state index in [0.717, 1.165) is 0 Å². The van der Waals surface area contributed by atoms with Gasteiger partial charge in [0.25, 0.3) is 0 Å². The zero-order valence-corrected chi connectivity index (χ0v) is 18.9. The highest BCUT2D eigenvalue weighted by molar-refractivity contribution is 8.34. The van der Waals surface area contributed by atoms with Crippen LogP contribution in [0.1, 0.15) is 6.42 Å². The summed E-state index contributed by atoms with van der Waals surface area (Å²) in [6.07, 6.45) is -5.16. The highest BCUT2D eigenvalue weighted by atomic mass is 32.3. The topological polar surface area (TPSA) is 43.4 Å². The monoisotopic (exact) mass is 546 g/mol. The molecule has 186 valence electrons. The van der Waals surface area contributed by atoms with E-state index in [0.29, 0.717) is 15.7 Å². The first kappa shape index (κ1) is 26.3. The summed E-state index contributed by atoms with van der Waals surface area (Å²) in [5.41, 5.74) is 0. The fraction of sp³-hybridized carbons (Fsp3) is 0.444. The van der Waals surface area contributed by atoms with Gasteiger partial charge in [0, 0.05) is 21.3 Å². The van der Waals surface area contributed by atoms with Gasteiger partial charge in [-0.2, -0.15) is 47.9 Å². The Morgan fingerprint density at radius 2 is 1.39 bits per heavy atom. The van der Waals surface area contributed by atoms with Crippen molar-refractivity contribution in [3.8, 4) is 0 Å². The van der Waals surface area contributed by atoms with Gasteiger partial charge in [0.05, 0.1) is 0 Å². The lowest BCUT2D eigenvalue weighted by Crippen LogP contribution is -2.63. The van der Waals surface area contributed by atoms with E-state index in [4.69, 9.17) is 0 Å². The minimum absolute atomic E-state index is 0.0902.